The minimum Gasteiger partial charge on any atom is -0.491 e. The normalized spacial score (nSPS) is 10.4. The summed E-state index contributed by atoms with van der Waals surface area (Å²) >= 11 is 9.26. The summed E-state index contributed by atoms with van der Waals surface area (Å²) in [4.78, 5) is 12.0. The third-order valence-electron chi connectivity index (χ3n) is 2.82. The summed E-state index contributed by atoms with van der Waals surface area (Å²) in [5.74, 6) is -1.96. The molecule has 0 bridgehead atoms. The zero-order valence-electron chi connectivity index (χ0n) is 12.5. The van der Waals surface area contributed by atoms with Gasteiger partial charge >= 0.3 is 0 Å². The van der Waals surface area contributed by atoms with Gasteiger partial charge in [-0.2, -0.15) is 0 Å². The van der Waals surface area contributed by atoms with Gasteiger partial charge in [-0.1, -0.05) is 11.6 Å². The smallest absolute Gasteiger partial charge is 0.262 e. The highest BCUT2D eigenvalue weighted by molar-refractivity contribution is 9.10. The monoisotopic (exact) mass is 419 g/mol. The van der Waals surface area contributed by atoms with Crippen LogP contribution in [0.3, 0.4) is 0 Å². The number of amides is 1. The highest BCUT2D eigenvalue weighted by Crippen LogP contribution is 2.36. The zero-order valence-corrected chi connectivity index (χ0v) is 14.9. The molecule has 0 aromatic heterocycles. The SMILES string of the molecule is CCOc1c(Br)cc(Cl)cc1NC(=O)COc1ccc(F)cc1F. The van der Waals surface area contributed by atoms with Crippen molar-refractivity contribution >= 4 is 39.1 Å². The van der Waals surface area contributed by atoms with E-state index in [0.29, 0.717) is 33.6 Å². The van der Waals surface area contributed by atoms with Gasteiger partial charge in [0.05, 0.1) is 16.8 Å². The second-order valence-electron chi connectivity index (χ2n) is 4.61. The Morgan fingerprint density at radius 3 is 2.67 bits per heavy atom. The maximum atomic E-state index is 13.5. The first-order valence-corrected chi connectivity index (χ1v) is 8.07. The van der Waals surface area contributed by atoms with Crippen molar-refractivity contribution in [2.75, 3.05) is 18.5 Å². The molecular weight excluding hydrogens is 408 g/mol. The highest BCUT2D eigenvalue weighted by Gasteiger charge is 2.14. The van der Waals surface area contributed by atoms with E-state index in [1.165, 1.54) is 6.07 Å². The molecule has 24 heavy (non-hydrogen) atoms. The predicted molar refractivity (Wildman–Crippen MR) is 90.8 cm³/mol. The molecule has 128 valence electrons. The van der Waals surface area contributed by atoms with E-state index in [4.69, 9.17) is 21.1 Å². The molecule has 1 amide bonds. The lowest BCUT2D eigenvalue weighted by atomic mass is 10.3. The number of anilines is 1. The van der Waals surface area contributed by atoms with Crippen molar-refractivity contribution < 1.29 is 23.0 Å². The van der Waals surface area contributed by atoms with Crippen LogP contribution in [0.15, 0.2) is 34.8 Å². The van der Waals surface area contributed by atoms with Gasteiger partial charge in [0.2, 0.25) is 0 Å². The molecule has 2 rings (SSSR count). The predicted octanol–water partition coefficient (Wildman–Crippen LogP) is 4.80. The van der Waals surface area contributed by atoms with Crippen LogP contribution in [0.2, 0.25) is 5.02 Å². The van der Waals surface area contributed by atoms with Gasteiger partial charge in [-0.3, -0.25) is 4.79 Å². The second kappa shape index (κ2) is 8.30. The topological polar surface area (TPSA) is 47.6 Å². The molecule has 2 aromatic carbocycles. The van der Waals surface area contributed by atoms with Crippen molar-refractivity contribution in [3.63, 3.8) is 0 Å². The molecule has 0 heterocycles. The van der Waals surface area contributed by atoms with E-state index in [1.54, 1.807) is 13.0 Å². The van der Waals surface area contributed by atoms with Crippen molar-refractivity contribution in [2.45, 2.75) is 6.92 Å². The molecule has 0 unspecified atom stereocenters. The molecule has 0 saturated heterocycles. The van der Waals surface area contributed by atoms with Crippen molar-refractivity contribution in [2.24, 2.45) is 0 Å². The number of hydrogen-bond acceptors (Lipinski definition) is 3. The fourth-order valence-electron chi connectivity index (χ4n) is 1.87. The molecular formula is C16H13BrClF2NO3. The van der Waals surface area contributed by atoms with Crippen molar-refractivity contribution in [3.05, 3.63) is 51.5 Å². The molecule has 8 heteroatoms. The van der Waals surface area contributed by atoms with Crippen molar-refractivity contribution in [1.82, 2.24) is 0 Å². The Hall–Kier alpha value is -1.86. The van der Waals surface area contributed by atoms with Crippen LogP contribution in [0.1, 0.15) is 6.92 Å². The molecule has 4 nitrogen and oxygen atoms in total. The first kappa shape index (κ1) is 18.5. The lowest BCUT2D eigenvalue weighted by molar-refractivity contribution is -0.118. The van der Waals surface area contributed by atoms with Crippen LogP contribution in [0.5, 0.6) is 11.5 Å². The summed E-state index contributed by atoms with van der Waals surface area (Å²) in [5, 5.41) is 2.97. The van der Waals surface area contributed by atoms with Gasteiger partial charge in [0.25, 0.3) is 5.91 Å². The van der Waals surface area contributed by atoms with Crippen molar-refractivity contribution in [3.8, 4) is 11.5 Å². The Bertz CT molecular complexity index is 758. The molecule has 0 atom stereocenters. The zero-order chi connectivity index (χ0) is 17.7. The quantitative estimate of drug-likeness (QED) is 0.730. The molecule has 2 aromatic rings. The summed E-state index contributed by atoms with van der Waals surface area (Å²) in [6.07, 6.45) is 0. The average molecular weight is 421 g/mol. The Balaban J connectivity index is 2.07. The summed E-state index contributed by atoms with van der Waals surface area (Å²) in [7, 11) is 0. The van der Waals surface area contributed by atoms with Crippen LogP contribution >= 0.6 is 27.5 Å². The van der Waals surface area contributed by atoms with Crippen LogP contribution in [-0.2, 0) is 4.79 Å². The molecule has 0 radical (unpaired) electrons. The van der Waals surface area contributed by atoms with Gasteiger partial charge in [0.15, 0.2) is 23.9 Å². The molecule has 0 saturated carbocycles. The molecule has 1 N–H and O–H groups in total. The van der Waals surface area contributed by atoms with Gasteiger partial charge < -0.3 is 14.8 Å². The minimum atomic E-state index is -0.886. The third kappa shape index (κ3) is 4.82. The van der Waals surface area contributed by atoms with E-state index >= 15 is 0 Å². The van der Waals surface area contributed by atoms with Crippen LogP contribution in [-0.4, -0.2) is 19.1 Å². The van der Waals surface area contributed by atoms with E-state index in [0.717, 1.165) is 12.1 Å². The van der Waals surface area contributed by atoms with Crippen LogP contribution in [0, 0.1) is 11.6 Å². The minimum absolute atomic E-state index is 0.219. The average Bonchev–Trinajstić information content (AvgIpc) is 2.50. The summed E-state index contributed by atoms with van der Waals surface area (Å²) < 4.78 is 37.4. The largest absolute Gasteiger partial charge is 0.491 e. The molecule has 0 fully saturated rings. The second-order valence-corrected chi connectivity index (χ2v) is 5.90. The van der Waals surface area contributed by atoms with E-state index in [2.05, 4.69) is 21.2 Å². The van der Waals surface area contributed by atoms with Gasteiger partial charge in [0, 0.05) is 11.1 Å². The standard InChI is InChI=1S/C16H13BrClF2NO3/c1-2-23-16-11(17)5-9(18)6-13(16)21-15(22)8-24-14-4-3-10(19)7-12(14)20/h3-7H,2,8H2,1H3,(H,21,22). The first-order valence-electron chi connectivity index (χ1n) is 6.90. The van der Waals surface area contributed by atoms with E-state index in [-0.39, 0.29) is 5.75 Å². The molecule has 0 aliphatic rings. The van der Waals surface area contributed by atoms with Crippen molar-refractivity contribution in [1.29, 1.82) is 0 Å². The fraction of sp³-hybridized carbons (Fsp3) is 0.188. The lowest BCUT2D eigenvalue weighted by Gasteiger charge is -2.14. The molecule has 0 aliphatic carbocycles. The van der Waals surface area contributed by atoms with Crippen LogP contribution in [0.25, 0.3) is 0 Å². The fourth-order valence-corrected chi connectivity index (χ4v) is 2.79. The van der Waals surface area contributed by atoms with Gasteiger partial charge in [-0.15, -0.1) is 0 Å². The Kier molecular flexibility index (Phi) is 6.39. The number of rotatable bonds is 6. The maximum Gasteiger partial charge on any atom is 0.262 e. The molecule has 0 aliphatic heterocycles. The van der Waals surface area contributed by atoms with E-state index in [1.807, 2.05) is 0 Å². The molecule has 0 spiro atoms. The van der Waals surface area contributed by atoms with Crippen LogP contribution < -0.4 is 14.8 Å². The Morgan fingerprint density at radius 1 is 1.25 bits per heavy atom. The Morgan fingerprint density at radius 2 is 2.00 bits per heavy atom. The van der Waals surface area contributed by atoms with Gasteiger partial charge in [-0.05, 0) is 47.1 Å². The van der Waals surface area contributed by atoms with Gasteiger partial charge in [0.1, 0.15) is 5.82 Å². The number of carbonyl (C=O) groups is 1. The summed E-state index contributed by atoms with van der Waals surface area (Å²) in [5.41, 5.74) is 0.351. The van der Waals surface area contributed by atoms with E-state index < -0.39 is 24.1 Å². The number of hydrogen-bond donors (Lipinski definition) is 1. The number of halogens is 4. The maximum absolute atomic E-state index is 13.5. The van der Waals surface area contributed by atoms with Crippen LogP contribution in [0.4, 0.5) is 14.5 Å². The van der Waals surface area contributed by atoms with E-state index in [9.17, 15) is 13.6 Å². The number of benzene rings is 2. The third-order valence-corrected chi connectivity index (χ3v) is 3.63. The lowest BCUT2D eigenvalue weighted by Crippen LogP contribution is -2.21. The Labute approximate surface area is 150 Å². The number of carbonyl (C=O) groups excluding carboxylic acids is 1. The summed E-state index contributed by atoms with van der Waals surface area (Å²) in [6.45, 7) is 1.73. The number of ether oxygens (including phenoxy) is 2. The summed E-state index contributed by atoms with van der Waals surface area (Å²) in [6, 6.07) is 5.98. The van der Waals surface area contributed by atoms with Gasteiger partial charge in [-0.25, -0.2) is 8.78 Å². The first-order chi connectivity index (χ1) is 11.4. The highest BCUT2D eigenvalue weighted by atomic mass is 79.9. The number of nitrogens with one attached hydrogen (secondary N) is 1.